The van der Waals surface area contributed by atoms with Crippen molar-refractivity contribution in [3.63, 3.8) is 0 Å². The van der Waals surface area contributed by atoms with Crippen molar-refractivity contribution in [2.24, 2.45) is 0 Å². The van der Waals surface area contributed by atoms with Gasteiger partial charge in [0.15, 0.2) is 0 Å². The lowest BCUT2D eigenvalue weighted by Gasteiger charge is -2.42. The number of thiophene rings is 1. The maximum atomic E-state index is 13.2. The van der Waals surface area contributed by atoms with Gasteiger partial charge in [0.2, 0.25) is 10.0 Å². The first kappa shape index (κ1) is 22.0. The Morgan fingerprint density at radius 3 is 2.23 bits per heavy atom. The second kappa shape index (κ2) is 9.48. The molecule has 1 N–H and O–H groups in total. The van der Waals surface area contributed by atoms with E-state index in [0.29, 0.717) is 0 Å². The average molecular weight is 460 g/mol. The molecule has 0 spiro atoms. The quantitative estimate of drug-likeness (QED) is 0.578. The highest BCUT2D eigenvalue weighted by Crippen LogP contribution is 2.31. The third-order valence-corrected chi connectivity index (χ3v) is 8.12. The predicted molar refractivity (Wildman–Crippen MR) is 123 cm³/mol. The van der Waals surface area contributed by atoms with Gasteiger partial charge in [0, 0.05) is 42.8 Å². The van der Waals surface area contributed by atoms with Crippen LogP contribution in [0.1, 0.15) is 17.8 Å². The SMILES string of the molecule is CC(NS(=O)(=O)c1ccccc1)C(c1cccs1)N1CCN(c2ccc(F)cc2)CC1. The Balaban J connectivity index is 1.49. The van der Waals surface area contributed by atoms with Gasteiger partial charge in [0.05, 0.1) is 10.9 Å². The Labute approximate surface area is 187 Å². The Bertz CT molecular complexity index is 1070. The molecule has 8 heteroatoms. The number of halogens is 1. The van der Waals surface area contributed by atoms with Crippen molar-refractivity contribution in [1.82, 2.24) is 9.62 Å². The smallest absolute Gasteiger partial charge is 0.240 e. The van der Waals surface area contributed by atoms with Crippen LogP contribution in [-0.4, -0.2) is 45.5 Å². The van der Waals surface area contributed by atoms with Gasteiger partial charge < -0.3 is 4.90 Å². The highest BCUT2D eigenvalue weighted by Gasteiger charge is 2.32. The van der Waals surface area contributed by atoms with Gasteiger partial charge in [-0.25, -0.2) is 17.5 Å². The third-order valence-electron chi connectivity index (χ3n) is 5.60. The van der Waals surface area contributed by atoms with Crippen LogP contribution >= 0.6 is 11.3 Å². The van der Waals surface area contributed by atoms with E-state index in [1.807, 2.05) is 18.4 Å². The fourth-order valence-electron chi connectivity index (χ4n) is 4.09. The molecule has 1 aliphatic heterocycles. The molecule has 0 radical (unpaired) electrons. The molecular formula is C23H26FN3O2S2. The monoisotopic (exact) mass is 459 g/mol. The zero-order valence-electron chi connectivity index (χ0n) is 17.3. The maximum Gasteiger partial charge on any atom is 0.240 e. The molecule has 4 rings (SSSR count). The minimum Gasteiger partial charge on any atom is -0.369 e. The summed E-state index contributed by atoms with van der Waals surface area (Å²) in [5.74, 6) is -0.236. The van der Waals surface area contributed by atoms with Gasteiger partial charge in [-0.2, -0.15) is 0 Å². The van der Waals surface area contributed by atoms with E-state index in [-0.39, 0.29) is 22.8 Å². The minimum atomic E-state index is -3.61. The number of hydrogen-bond donors (Lipinski definition) is 1. The molecule has 2 unspecified atom stereocenters. The zero-order chi connectivity index (χ0) is 21.8. The topological polar surface area (TPSA) is 52.7 Å². The van der Waals surface area contributed by atoms with Crippen LogP contribution in [0.4, 0.5) is 10.1 Å². The van der Waals surface area contributed by atoms with Gasteiger partial charge >= 0.3 is 0 Å². The van der Waals surface area contributed by atoms with E-state index >= 15 is 0 Å². The molecule has 0 saturated carbocycles. The first-order chi connectivity index (χ1) is 14.9. The lowest BCUT2D eigenvalue weighted by molar-refractivity contribution is 0.164. The Kier molecular flexibility index (Phi) is 6.71. The number of anilines is 1. The molecule has 2 aromatic carbocycles. The summed E-state index contributed by atoms with van der Waals surface area (Å²) >= 11 is 1.64. The second-order valence-electron chi connectivity index (χ2n) is 7.68. The summed E-state index contributed by atoms with van der Waals surface area (Å²) in [5.41, 5.74) is 1.01. The van der Waals surface area contributed by atoms with E-state index in [9.17, 15) is 12.8 Å². The predicted octanol–water partition coefficient (Wildman–Crippen LogP) is 4.12. The maximum absolute atomic E-state index is 13.2. The summed E-state index contributed by atoms with van der Waals surface area (Å²) in [6.07, 6.45) is 0. The number of benzene rings is 2. The molecule has 5 nitrogen and oxygen atoms in total. The van der Waals surface area contributed by atoms with Crippen LogP contribution in [0.5, 0.6) is 0 Å². The summed E-state index contributed by atoms with van der Waals surface area (Å²) in [6, 6.07) is 18.7. The molecule has 0 bridgehead atoms. The molecular weight excluding hydrogens is 433 g/mol. The Morgan fingerprint density at radius 1 is 0.935 bits per heavy atom. The normalized spacial score (nSPS) is 17.4. The standard InChI is InChI=1S/C23H26FN3O2S2/c1-18(25-31(28,29)21-6-3-2-4-7-21)23(22-8-5-17-30-22)27-15-13-26(14-16-27)20-11-9-19(24)10-12-20/h2-12,17-18,23,25H,13-16H2,1H3. The van der Waals surface area contributed by atoms with Crippen LogP contribution in [-0.2, 0) is 10.0 Å². The largest absolute Gasteiger partial charge is 0.369 e. The summed E-state index contributed by atoms with van der Waals surface area (Å²) in [5, 5.41) is 2.02. The number of sulfonamides is 1. The van der Waals surface area contributed by atoms with E-state index in [4.69, 9.17) is 0 Å². The van der Waals surface area contributed by atoms with Gasteiger partial charge in [-0.1, -0.05) is 24.3 Å². The van der Waals surface area contributed by atoms with Gasteiger partial charge in [-0.05, 0) is 54.8 Å². The summed E-state index contributed by atoms with van der Waals surface area (Å²) < 4.78 is 41.9. The van der Waals surface area contributed by atoms with E-state index in [1.54, 1.807) is 53.8 Å². The number of hydrogen-bond acceptors (Lipinski definition) is 5. The van der Waals surface area contributed by atoms with Gasteiger partial charge in [0.1, 0.15) is 5.82 Å². The van der Waals surface area contributed by atoms with Crippen molar-refractivity contribution in [2.75, 3.05) is 31.1 Å². The molecule has 1 saturated heterocycles. The fraction of sp³-hybridized carbons (Fsp3) is 0.304. The van der Waals surface area contributed by atoms with Gasteiger partial charge in [-0.3, -0.25) is 4.90 Å². The van der Waals surface area contributed by atoms with Gasteiger partial charge in [-0.15, -0.1) is 11.3 Å². The van der Waals surface area contributed by atoms with Gasteiger partial charge in [0.25, 0.3) is 0 Å². The lowest BCUT2D eigenvalue weighted by atomic mass is 10.1. The van der Waals surface area contributed by atoms with Crippen LogP contribution in [0.3, 0.4) is 0 Å². The highest BCUT2D eigenvalue weighted by atomic mass is 32.2. The molecule has 0 amide bonds. The van der Waals surface area contributed by atoms with Crippen LogP contribution in [0.2, 0.25) is 0 Å². The highest BCUT2D eigenvalue weighted by molar-refractivity contribution is 7.89. The lowest BCUT2D eigenvalue weighted by Crippen LogP contribution is -2.52. The fourth-order valence-corrected chi connectivity index (χ4v) is 6.32. The first-order valence-electron chi connectivity index (χ1n) is 10.3. The van der Waals surface area contributed by atoms with Crippen molar-refractivity contribution in [1.29, 1.82) is 0 Å². The van der Waals surface area contributed by atoms with Crippen LogP contribution in [0.15, 0.2) is 77.0 Å². The van der Waals surface area contributed by atoms with Crippen LogP contribution in [0.25, 0.3) is 0 Å². The second-order valence-corrected chi connectivity index (χ2v) is 10.4. The summed E-state index contributed by atoms with van der Waals surface area (Å²) in [7, 11) is -3.61. The molecule has 164 valence electrons. The molecule has 2 heterocycles. The van der Waals surface area contributed by atoms with Crippen molar-refractivity contribution in [3.05, 3.63) is 82.8 Å². The molecule has 1 aliphatic rings. The van der Waals surface area contributed by atoms with E-state index in [2.05, 4.69) is 20.6 Å². The van der Waals surface area contributed by atoms with E-state index in [0.717, 1.165) is 36.7 Å². The van der Waals surface area contributed by atoms with Crippen LogP contribution < -0.4 is 9.62 Å². The zero-order valence-corrected chi connectivity index (χ0v) is 18.9. The molecule has 31 heavy (non-hydrogen) atoms. The van der Waals surface area contributed by atoms with E-state index in [1.165, 1.54) is 12.1 Å². The average Bonchev–Trinajstić information content (AvgIpc) is 3.30. The number of nitrogens with zero attached hydrogens (tertiary/aromatic N) is 2. The van der Waals surface area contributed by atoms with E-state index < -0.39 is 10.0 Å². The van der Waals surface area contributed by atoms with Crippen molar-refractivity contribution < 1.29 is 12.8 Å². The summed E-state index contributed by atoms with van der Waals surface area (Å²) in [6.45, 7) is 5.10. The van der Waals surface area contributed by atoms with Crippen LogP contribution in [0, 0.1) is 5.82 Å². The first-order valence-corrected chi connectivity index (χ1v) is 12.7. The molecule has 3 aromatic rings. The summed E-state index contributed by atoms with van der Waals surface area (Å²) in [4.78, 5) is 5.98. The Hall–Kier alpha value is -2.26. The molecule has 1 aromatic heterocycles. The number of piperazine rings is 1. The number of rotatable bonds is 7. The molecule has 0 aliphatic carbocycles. The number of nitrogens with one attached hydrogen (secondary N) is 1. The minimum absolute atomic E-state index is 0.0612. The van der Waals surface area contributed by atoms with Crippen molar-refractivity contribution >= 4 is 27.0 Å². The molecule has 1 fully saturated rings. The van der Waals surface area contributed by atoms with Crippen molar-refractivity contribution in [3.8, 4) is 0 Å². The molecule has 2 atom stereocenters. The Morgan fingerprint density at radius 2 is 1.61 bits per heavy atom. The third kappa shape index (κ3) is 5.15. The van der Waals surface area contributed by atoms with Crippen molar-refractivity contribution in [2.45, 2.75) is 23.9 Å².